The molecule has 0 aromatic rings. The van der Waals surface area contributed by atoms with E-state index >= 15 is 0 Å². The lowest BCUT2D eigenvalue weighted by Gasteiger charge is -1.95. The Bertz CT molecular complexity index is 312. The third kappa shape index (κ3) is 1.43. The van der Waals surface area contributed by atoms with E-state index in [0.717, 1.165) is 0 Å². The number of carbonyl (C=O) groups excluding carboxylic acids is 1. The first-order valence-electron chi connectivity index (χ1n) is 3.32. The van der Waals surface area contributed by atoms with Crippen molar-refractivity contribution < 1.29 is 14.3 Å². The van der Waals surface area contributed by atoms with Crippen LogP contribution in [-0.2, 0) is 9.53 Å². The molecule has 0 aromatic carbocycles. The molecule has 0 saturated heterocycles. The summed E-state index contributed by atoms with van der Waals surface area (Å²) >= 11 is 0. The molecule has 6 heteroatoms. The molecule has 1 aliphatic rings. The molecule has 1 aliphatic heterocycles. The number of hydrogen-bond acceptors (Lipinski definition) is 4. The highest BCUT2D eigenvalue weighted by molar-refractivity contribution is 6.17. The molecular weight excluding hydrogens is 160 g/mol. The molecule has 0 radical (unpaired) electrons. The van der Waals surface area contributed by atoms with E-state index in [-0.39, 0.29) is 18.0 Å². The van der Waals surface area contributed by atoms with Gasteiger partial charge in [-0.2, -0.15) is 0 Å². The standard InChI is InChI=1S/C6H7N4O2/c1-2-12-6(11)4-3-8-10-5(4)9-7/h3,7H,2H2,1H3/q+1. The van der Waals surface area contributed by atoms with E-state index in [0.29, 0.717) is 0 Å². The largest absolute Gasteiger partial charge is 0.486 e. The highest BCUT2D eigenvalue weighted by Crippen LogP contribution is 2.08. The lowest BCUT2D eigenvalue weighted by Crippen LogP contribution is -2.12. The number of nitrogens with one attached hydrogen (secondary N) is 1. The van der Waals surface area contributed by atoms with Crippen LogP contribution in [0.3, 0.4) is 0 Å². The fraction of sp³-hybridized carbons (Fsp3) is 0.333. The summed E-state index contributed by atoms with van der Waals surface area (Å²) in [5.74, 6) is -0.554. The van der Waals surface area contributed by atoms with Gasteiger partial charge in [0.1, 0.15) is 5.11 Å². The number of hydrogen-bond donors (Lipinski definition) is 1. The summed E-state index contributed by atoms with van der Waals surface area (Å²) in [6.45, 7) is 1.97. The van der Waals surface area contributed by atoms with Crippen LogP contribution in [0.1, 0.15) is 6.92 Å². The van der Waals surface area contributed by atoms with Crippen LogP contribution in [0.2, 0.25) is 0 Å². The number of ether oxygens (including phenoxy) is 1. The predicted molar refractivity (Wildman–Crippen MR) is 37.6 cm³/mol. The monoisotopic (exact) mass is 167 g/mol. The Morgan fingerprint density at radius 1 is 1.83 bits per heavy atom. The Morgan fingerprint density at radius 2 is 2.58 bits per heavy atom. The Morgan fingerprint density at radius 3 is 3.17 bits per heavy atom. The third-order valence-electron chi connectivity index (χ3n) is 1.18. The van der Waals surface area contributed by atoms with Crippen LogP contribution >= 0.6 is 0 Å². The number of amidine groups is 1. The van der Waals surface area contributed by atoms with Gasteiger partial charge in [0.15, 0.2) is 5.57 Å². The van der Waals surface area contributed by atoms with Gasteiger partial charge in [-0.1, -0.05) is 4.79 Å². The van der Waals surface area contributed by atoms with Gasteiger partial charge in [0.25, 0.3) is 0 Å². The minimum Gasteiger partial charge on any atom is -0.462 e. The minimum atomic E-state index is -0.548. The zero-order chi connectivity index (χ0) is 8.97. The molecule has 0 amide bonds. The number of azo groups is 1. The van der Waals surface area contributed by atoms with E-state index in [9.17, 15) is 4.79 Å². The zero-order valence-electron chi connectivity index (χ0n) is 6.44. The minimum absolute atomic E-state index is 0.00606. The lowest BCUT2D eigenvalue weighted by atomic mass is 10.3. The maximum atomic E-state index is 11.0. The van der Waals surface area contributed by atoms with Crippen LogP contribution in [-0.4, -0.2) is 23.2 Å². The smallest absolute Gasteiger partial charge is 0.462 e. The van der Waals surface area contributed by atoms with Crippen molar-refractivity contribution in [1.29, 1.82) is 5.53 Å². The van der Waals surface area contributed by atoms with Gasteiger partial charge in [-0.25, -0.2) is 4.79 Å². The van der Waals surface area contributed by atoms with E-state index in [4.69, 9.17) is 5.53 Å². The quantitative estimate of drug-likeness (QED) is 0.369. The van der Waals surface area contributed by atoms with Crippen molar-refractivity contribution in [2.45, 2.75) is 6.92 Å². The maximum Gasteiger partial charge on any atom is 0.486 e. The van der Waals surface area contributed by atoms with Gasteiger partial charge in [0.05, 0.1) is 12.8 Å². The van der Waals surface area contributed by atoms with Gasteiger partial charge in [-0.15, -0.1) is 0 Å². The molecule has 0 unspecified atom stereocenters. The molecule has 0 spiro atoms. The van der Waals surface area contributed by atoms with Gasteiger partial charge < -0.3 is 4.74 Å². The normalized spacial score (nSPS) is 14.1. The van der Waals surface area contributed by atoms with Gasteiger partial charge in [0, 0.05) is 0 Å². The van der Waals surface area contributed by atoms with Crippen molar-refractivity contribution in [3.63, 3.8) is 0 Å². The molecule has 1 N–H and O–H groups in total. The highest BCUT2D eigenvalue weighted by atomic mass is 16.5. The average Bonchev–Trinajstić information content (AvgIpc) is 2.51. The Labute approximate surface area is 68.2 Å². The molecule has 0 saturated carbocycles. The molecule has 0 bridgehead atoms. The SMILES string of the molecule is CCOC(=O)C1=CN=NC1=[N+]=N. The summed E-state index contributed by atoms with van der Waals surface area (Å²) in [4.78, 5) is 14.0. The summed E-state index contributed by atoms with van der Waals surface area (Å²) in [6.07, 6.45) is 1.23. The van der Waals surface area contributed by atoms with Gasteiger partial charge >= 0.3 is 11.8 Å². The molecule has 0 aliphatic carbocycles. The summed E-state index contributed by atoms with van der Waals surface area (Å²) in [6, 6.07) is 0. The molecule has 1 rings (SSSR count). The van der Waals surface area contributed by atoms with E-state index in [1.807, 2.05) is 0 Å². The summed E-state index contributed by atoms with van der Waals surface area (Å²) in [7, 11) is 0. The van der Waals surface area contributed by atoms with Crippen molar-refractivity contribution in [2.24, 2.45) is 10.2 Å². The summed E-state index contributed by atoms with van der Waals surface area (Å²) < 4.78 is 4.67. The molecular formula is C6H7N4O2+. The van der Waals surface area contributed by atoms with Crippen molar-refractivity contribution in [2.75, 3.05) is 6.61 Å². The summed E-state index contributed by atoms with van der Waals surface area (Å²) in [5, 5.41) is 6.86. The first kappa shape index (κ1) is 8.29. The maximum absolute atomic E-state index is 11.0. The lowest BCUT2D eigenvalue weighted by molar-refractivity contribution is -0.140. The van der Waals surface area contributed by atoms with Crippen LogP contribution < -0.4 is 0 Å². The predicted octanol–water partition coefficient (Wildman–Crippen LogP) is 0.537. The van der Waals surface area contributed by atoms with Gasteiger partial charge in [-0.05, 0) is 17.6 Å². The van der Waals surface area contributed by atoms with Gasteiger partial charge in [-0.3, -0.25) is 0 Å². The molecule has 6 nitrogen and oxygen atoms in total. The second-order valence-electron chi connectivity index (χ2n) is 1.91. The number of carbonyl (C=O) groups is 1. The van der Waals surface area contributed by atoms with E-state index < -0.39 is 5.97 Å². The second-order valence-corrected chi connectivity index (χ2v) is 1.91. The van der Waals surface area contributed by atoms with Crippen LogP contribution in [0, 0.1) is 5.53 Å². The number of nitrogens with zero attached hydrogens (tertiary/aromatic N) is 3. The zero-order valence-corrected chi connectivity index (χ0v) is 6.44. The van der Waals surface area contributed by atoms with Crippen molar-refractivity contribution in [3.8, 4) is 0 Å². The van der Waals surface area contributed by atoms with Crippen LogP contribution in [0.4, 0.5) is 0 Å². The first-order chi connectivity index (χ1) is 5.79. The van der Waals surface area contributed by atoms with Crippen molar-refractivity contribution in [3.05, 3.63) is 11.8 Å². The van der Waals surface area contributed by atoms with Crippen LogP contribution in [0.5, 0.6) is 0 Å². The van der Waals surface area contributed by atoms with E-state index in [1.54, 1.807) is 6.92 Å². The number of esters is 1. The fourth-order valence-electron chi connectivity index (χ4n) is 0.688. The molecule has 1 heterocycles. The molecule has 12 heavy (non-hydrogen) atoms. The van der Waals surface area contributed by atoms with E-state index in [2.05, 4.69) is 19.8 Å². The first-order valence-corrected chi connectivity index (χ1v) is 3.32. The van der Waals surface area contributed by atoms with Crippen LogP contribution in [0.25, 0.3) is 0 Å². The molecule has 62 valence electrons. The Kier molecular flexibility index (Phi) is 2.45. The average molecular weight is 167 g/mol. The molecule has 0 atom stereocenters. The van der Waals surface area contributed by atoms with E-state index in [1.165, 1.54) is 6.20 Å². The molecule has 0 fully saturated rings. The third-order valence-corrected chi connectivity index (χ3v) is 1.18. The van der Waals surface area contributed by atoms with Crippen molar-refractivity contribution in [1.82, 2.24) is 0 Å². The molecule has 0 aromatic heterocycles. The van der Waals surface area contributed by atoms with Crippen molar-refractivity contribution >= 4 is 11.8 Å². The Balaban J connectivity index is 2.79. The highest BCUT2D eigenvalue weighted by Gasteiger charge is 2.31. The summed E-state index contributed by atoms with van der Waals surface area (Å²) in [5.41, 5.74) is 6.77. The number of rotatable bonds is 2. The van der Waals surface area contributed by atoms with Gasteiger partial charge in [0.2, 0.25) is 0 Å². The second kappa shape index (κ2) is 3.54. The topological polar surface area (TPSA) is 89.0 Å². The van der Waals surface area contributed by atoms with Crippen LogP contribution in [0.15, 0.2) is 22.0 Å². The Hall–Kier alpha value is -1.81. The fourth-order valence-corrected chi connectivity index (χ4v) is 0.688.